The van der Waals surface area contributed by atoms with E-state index in [2.05, 4.69) is 34.4 Å². The molecule has 5 nitrogen and oxygen atoms in total. The lowest BCUT2D eigenvalue weighted by Gasteiger charge is -2.38. The van der Waals surface area contributed by atoms with E-state index in [1.54, 1.807) is 11.3 Å². The maximum atomic E-state index is 12.1. The second-order valence-corrected chi connectivity index (χ2v) is 7.17. The van der Waals surface area contributed by atoms with Crippen LogP contribution in [0.25, 0.3) is 0 Å². The Labute approximate surface area is 146 Å². The number of hydrogen-bond donors (Lipinski definition) is 1. The van der Waals surface area contributed by atoms with Crippen LogP contribution in [0, 0.1) is 0 Å². The Morgan fingerprint density at radius 1 is 1.29 bits per heavy atom. The predicted octanol–water partition coefficient (Wildman–Crippen LogP) is 2.93. The van der Waals surface area contributed by atoms with Crippen LogP contribution in [-0.2, 0) is 22.5 Å². The number of thiazole rings is 1. The van der Waals surface area contributed by atoms with Gasteiger partial charge in [0.1, 0.15) is 5.01 Å². The van der Waals surface area contributed by atoms with Crippen LogP contribution in [0.1, 0.15) is 24.5 Å². The lowest BCUT2D eigenvalue weighted by atomic mass is 10.1. The molecule has 3 rings (SSSR count). The molecule has 2 aromatic rings. The van der Waals surface area contributed by atoms with Crippen molar-refractivity contribution in [1.29, 1.82) is 0 Å². The zero-order chi connectivity index (χ0) is 16.9. The van der Waals surface area contributed by atoms with E-state index in [9.17, 15) is 4.79 Å². The van der Waals surface area contributed by atoms with Gasteiger partial charge in [-0.05, 0) is 26.0 Å². The van der Waals surface area contributed by atoms with Crippen molar-refractivity contribution in [2.75, 3.05) is 18.5 Å². The van der Waals surface area contributed by atoms with Crippen LogP contribution in [0.3, 0.4) is 0 Å². The summed E-state index contributed by atoms with van der Waals surface area (Å²) in [6, 6.07) is 10.3. The molecular weight excluding hydrogens is 322 g/mol. The summed E-state index contributed by atoms with van der Waals surface area (Å²) in [5, 5.41) is 5.81. The third-order valence-electron chi connectivity index (χ3n) is 4.16. The molecule has 0 saturated carbocycles. The Kier molecular flexibility index (Phi) is 5.60. The van der Waals surface area contributed by atoms with Gasteiger partial charge < -0.3 is 10.1 Å². The van der Waals surface area contributed by atoms with Gasteiger partial charge in [-0.25, -0.2) is 4.98 Å². The van der Waals surface area contributed by atoms with E-state index in [0.717, 1.165) is 36.1 Å². The molecule has 0 aliphatic carbocycles. The molecule has 1 aromatic carbocycles. The van der Waals surface area contributed by atoms with Crippen molar-refractivity contribution in [3.8, 4) is 0 Å². The number of morpholine rings is 1. The molecule has 0 bridgehead atoms. The number of para-hydroxylation sites is 1. The van der Waals surface area contributed by atoms with E-state index in [1.165, 1.54) is 0 Å². The number of carbonyl (C=O) groups is 1. The van der Waals surface area contributed by atoms with Crippen LogP contribution < -0.4 is 5.32 Å². The highest BCUT2D eigenvalue weighted by Crippen LogP contribution is 2.19. The highest BCUT2D eigenvalue weighted by Gasteiger charge is 2.26. The molecule has 6 heteroatoms. The van der Waals surface area contributed by atoms with Crippen LogP contribution in [0.2, 0.25) is 0 Å². The molecule has 1 aliphatic heterocycles. The van der Waals surface area contributed by atoms with Crippen molar-refractivity contribution in [2.24, 2.45) is 0 Å². The molecule has 1 saturated heterocycles. The SMILES string of the molecule is C[C@@H]1COC[C@@H](C)N1Cc1csc(CC(=O)Nc2ccccc2)n1. The van der Waals surface area contributed by atoms with Gasteiger partial charge in [0, 0.05) is 29.7 Å². The first kappa shape index (κ1) is 17.1. The van der Waals surface area contributed by atoms with Gasteiger partial charge in [-0.15, -0.1) is 11.3 Å². The highest BCUT2D eigenvalue weighted by atomic mass is 32.1. The quantitative estimate of drug-likeness (QED) is 0.905. The fourth-order valence-corrected chi connectivity index (χ4v) is 3.68. The van der Waals surface area contributed by atoms with Crippen LogP contribution in [-0.4, -0.2) is 41.1 Å². The normalized spacial score (nSPS) is 21.6. The summed E-state index contributed by atoms with van der Waals surface area (Å²) < 4.78 is 5.56. The first-order chi connectivity index (χ1) is 11.6. The topological polar surface area (TPSA) is 54.5 Å². The molecule has 0 radical (unpaired) electrons. The number of rotatable bonds is 5. The van der Waals surface area contributed by atoms with E-state index < -0.39 is 0 Å². The third kappa shape index (κ3) is 4.41. The fourth-order valence-electron chi connectivity index (χ4n) is 2.90. The van der Waals surface area contributed by atoms with E-state index in [4.69, 9.17) is 4.74 Å². The smallest absolute Gasteiger partial charge is 0.231 e. The van der Waals surface area contributed by atoms with Gasteiger partial charge in [0.15, 0.2) is 0 Å². The van der Waals surface area contributed by atoms with Crippen molar-refractivity contribution in [3.63, 3.8) is 0 Å². The number of nitrogens with zero attached hydrogens (tertiary/aromatic N) is 2. The highest BCUT2D eigenvalue weighted by molar-refractivity contribution is 7.09. The number of aromatic nitrogens is 1. The monoisotopic (exact) mass is 345 g/mol. The molecule has 1 aliphatic rings. The van der Waals surface area contributed by atoms with Crippen LogP contribution in [0.4, 0.5) is 5.69 Å². The number of anilines is 1. The van der Waals surface area contributed by atoms with Gasteiger partial charge in [0.25, 0.3) is 0 Å². The average molecular weight is 345 g/mol. The minimum Gasteiger partial charge on any atom is -0.378 e. The first-order valence-corrected chi connectivity index (χ1v) is 9.11. The summed E-state index contributed by atoms with van der Waals surface area (Å²) in [5.41, 5.74) is 1.85. The number of carbonyl (C=O) groups excluding carboxylic acids is 1. The van der Waals surface area contributed by atoms with Gasteiger partial charge in [0.05, 0.1) is 25.3 Å². The van der Waals surface area contributed by atoms with Gasteiger partial charge in [-0.1, -0.05) is 18.2 Å². The van der Waals surface area contributed by atoms with E-state index in [-0.39, 0.29) is 5.91 Å². The molecule has 128 valence electrons. The van der Waals surface area contributed by atoms with E-state index in [1.807, 2.05) is 30.3 Å². The minimum atomic E-state index is -0.0322. The predicted molar refractivity (Wildman–Crippen MR) is 96.2 cm³/mol. The average Bonchev–Trinajstić information content (AvgIpc) is 2.99. The van der Waals surface area contributed by atoms with E-state index >= 15 is 0 Å². The summed E-state index contributed by atoms with van der Waals surface area (Å²) >= 11 is 1.55. The number of nitrogens with one attached hydrogen (secondary N) is 1. The van der Waals surface area contributed by atoms with Crippen LogP contribution >= 0.6 is 11.3 Å². The molecule has 2 heterocycles. The Balaban J connectivity index is 1.56. The fraction of sp³-hybridized carbons (Fsp3) is 0.444. The van der Waals surface area contributed by atoms with Crippen molar-refractivity contribution in [3.05, 3.63) is 46.4 Å². The summed E-state index contributed by atoms with van der Waals surface area (Å²) in [5.74, 6) is -0.0322. The van der Waals surface area contributed by atoms with Gasteiger partial charge in [-0.3, -0.25) is 9.69 Å². The first-order valence-electron chi connectivity index (χ1n) is 8.23. The van der Waals surface area contributed by atoms with Gasteiger partial charge >= 0.3 is 0 Å². The molecule has 0 spiro atoms. The molecule has 2 atom stereocenters. The lowest BCUT2D eigenvalue weighted by Crippen LogP contribution is -2.48. The van der Waals surface area contributed by atoms with Gasteiger partial charge in [0.2, 0.25) is 5.91 Å². The Hall–Kier alpha value is -1.76. The Morgan fingerprint density at radius 2 is 2.00 bits per heavy atom. The van der Waals surface area contributed by atoms with Crippen LogP contribution in [0.15, 0.2) is 35.7 Å². The second-order valence-electron chi connectivity index (χ2n) is 6.23. The van der Waals surface area contributed by atoms with Crippen LogP contribution in [0.5, 0.6) is 0 Å². The molecule has 0 unspecified atom stereocenters. The largest absolute Gasteiger partial charge is 0.378 e. The minimum absolute atomic E-state index is 0.0322. The van der Waals surface area contributed by atoms with E-state index in [0.29, 0.717) is 18.5 Å². The second kappa shape index (κ2) is 7.88. The molecule has 1 amide bonds. The number of benzene rings is 1. The van der Waals surface area contributed by atoms with Crippen molar-refractivity contribution >= 4 is 22.9 Å². The molecule has 1 N–H and O–H groups in total. The zero-order valence-corrected chi connectivity index (χ0v) is 14.9. The molecule has 1 aromatic heterocycles. The standard InChI is InChI=1S/C18H23N3O2S/c1-13-10-23-11-14(2)21(13)9-16-12-24-18(20-16)8-17(22)19-15-6-4-3-5-7-15/h3-7,12-14H,8-11H2,1-2H3,(H,19,22)/t13-,14-/m1/s1. The molecule has 1 fully saturated rings. The van der Waals surface area contributed by atoms with Crippen molar-refractivity contribution < 1.29 is 9.53 Å². The molecular formula is C18H23N3O2S. The van der Waals surface area contributed by atoms with Crippen molar-refractivity contribution in [2.45, 2.75) is 38.9 Å². The maximum absolute atomic E-state index is 12.1. The third-order valence-corrected chi connectivity index (χ3v) is 5.06. The number of amides is 1. The summed E-state index contributed by atoms with van der Waals surface area (Å²) in [7, 11) is 0. The van der Waals surface area contributed by atoms with Gasteiger partial charge in [-0.2, -0.15) is 0 Å². The number of ether oxygens (including phenoxy) is 1. The number of hydrogen-bond acceptors (Lipinski definition) is 5. The summed E-state index contributed by atoms with van der Waals surface area (Å²) in [4.78, 5) is 19.2. The zero-order valence-electron chi connectivity index (χ0n) is 14.1. The Morgan fingerprint density at radius 3 is 2.71 bits per heavy atom. The lowest BCUT2D eigenvalue weighted by molar-refractivity contribution is -0.115. The summed E-state index contributed by atoms with van der Waals surface area (Å²) in [6.07, 6.45) is 0.313. The van der Waals surface area contributed by atoms with Crippen molar-refractivity contribution in [1.82, 2.24) is 9.88 Å². The maximum Gasteiger partial charge on any atom is 0.231 e. The Bertz CT molecular complexity index is 664. The molecule has 24 heavy (non-hydrogen) atoms. The summed E-state index contributed by atoms with van der Waals surface area (Å²) in [6.45, 7) is 6.69.